The van der Waals surface area contributed by atoms with E-state index >= 15 is 0 Å². The zero-order chi connectivity index (χ0) is 25.8. The number of benzene rings is 2. The number of anilines is 2. The van der Waals surface area contributed by atoms with Crippen molar-refractivity contribution in [2.75, 3.05) is 43.0 Å². The minimum atomic E-state index is -0.580. The van der Waals surface area contributed by atoms with Gasteiger partial charge in [0.2, 0.25) is 6.41 Å². The number of halogens is 2. The zero-order valence-corrected chi connectivity index (χ0v) is 21.2. The summed E-state index contributed by atoms with van der Waals surface area (Å²) in [5.74, 6) is -0.428. The molecule has 3 heterocycles. The number of hydrogen-bond acceptors (Lipinski definition) is 6. The van der Waals surface area contributed by atoms with Gasteiger partial charge >= 0.3 is 6.09 Å². The average molecular weight is 513 g/mol. The first-order valence-corrected chi connectivity index (χ1v) is 12.0. The van der Waals surface area contributed by atoms with Crippen molar-refractivity contribution >= 4 is 68.3 Å². The molecule has 2 aromatic heterocycles. The van der Waals surface area contributed by atoms with Crippen LogP contribution in [0.2, 0.25) is 5.02 Å². The molecule has 1 saturated heterocycles. The Hall–Kier alpha value is -3.59. The zero-order valence-electron chi connectivity index (χ0n) is 20.5. The van der Waals surface area contributed by atoms with Crippen LogP contribution in [0.3, 0.4) is 0 Å². The summed E-state index contributed by atoms with van der Waals surface area (Å²) in [6, 6.07) is 6.37. The molecule has 188 valence electrons. The SMILES string of the molecule is CN(C=O)c1cnc2c(cc(Cl)c3c2oc2cccc(F)c23)c1N1CCN(C(=O)OC(C)(C)C)CC1. The molecule has 2 amide bonds. The fourth-order valence-electron chi connectivity index (χ4n) is 4.61. The molecule has 8 nitrogen and oxygen atoms in total. The lowest BCUT2D eigenvalue weighted by Gasteiger charge is -2.38. The summed E-state index contributed by atoms with van der Waals surface area (Å²) in [6.45, 7) is 7.38. The van der Waals surface area contributed by atoms with Crippen molar-refractivity contribution in [1.29, 1.82) is 0 Å². The van der Waals surface area contributed by atoms with Crippen molar-refractivity contribution in [3.63, 3.8) is 0 Å². The van der Waals surface area contributed by atoms with E-state index in [9.17, 15) is 14.0 Å². The lowest BCUT2D eigenvalue weighted by atomic mass is 10.1. The Morgan fingerprint density at radius 2 is 1.94 bits per heavy atom. The molecule has 0 unspecified atom stereocenters. The highest BCUT2D eigenvalue weighted by Gasteiger charge is 2.29. The summed E-state index contributed by atoms with van der Waals surface area (Å²) in [5, 5.41) is 1.76. The first-order valence-electron chi connectivity index (χ1n) is 11.6. The van der Waals surface area contributed by atoms with Crippen LogP contribution in [-0.4, -0.2) is 61.2 Å². The summed E-state index contributed by atoms with van der Waals surface area (Å²) >= 11 is 6.71. The van der Waals surface area contributed by atoms with E-state index in [1.807, 2.05) is 20.8 Å². The quantitative estimate of drug-likeness (QED) is 0.334. The van der Waals surface area contributed by atoms with Crippen LogP contribution in [0, 0.1) is 5.82 Å². The molecule has 1 aliphatic rings. The molecule has 10 heteroatoms. The standard InChI is InChI=1S/C26H26ClFN4O4/c1-26(2,3)36-25(34)32-10-8-31(9-11-32)23-15-12-16(27)20-21-17(28)6-5-7-19(21)35-24(20)22(15)29-13-18(23)30(4)14-33/h5-7,12-14H,8-11H2,1-4H3. The minimum Gasteiger partial charge on any atom is -0.454 e. The molecule has 0 atom stereocenters. The van der Waals surface area contributed by atoms with E-state index < -0.39 is 11.4 Å². The largest absolute Gasteiger partial charge is 0.454 e. The van der Waals surface area contributed by atoms with Crippen molar-refractivity contribution in [3.8, 4) is 0 Å². The Labute approximate surface area is 212 Å². The van der Waals surface area contributed by atoms with Crippen molar-refractivity contribution in [2.45, 2.75) is 26.4 Å². The fraction of sp³-hybridized carbons (Fsp3) is 0.346. The van der Waals surface area contributed by atoms with E-state index in [2.05, 4.69) is 9.88 Å². The van der Waals surface area contributed by atoms with Crippen LogP contribution >= 0.6 is 11.6 Å². The molecule has 0 spiro atoms. The highest BCUT2D eigenvalue weighted by molar-refractivity contribution is 6.40. The maximum absolute atomic E-state index is 14.7. The smallest absolute Gasteiger partial charge is 0.410 e. The third kappa shape index (κ3) is 4.07. The molecule has 0 radical (unpaired) electrons. The van der Waals surface area contributed by atoms with Crippen LogP contribution < -0.4 is 9.80 Å². The molecule has 0 aliphatic carbocycles. The van der Waals surface area contributed by atoms with Crippen LogP contribution in [0.5, 0.6) is 0 Å². The number of carbonyl (C=O) groups excluding carboxylic acids is 2. The van der Waals surface area contributed by atoms with Gasteiger partial charge < -0.3 is 23.9 Å². The number of amides is 2. The molecule has 0 bridgehead atoms. The summed E-state index contributed by atoms with van der Waals surface area (Å²) < 4.78 is 26.2. The van der Waals surface area contributed by atoms with Crippen molar-refractivity contribution < 1.29 is 23.1 Å². The highest BCUT2D eigenvalue weighted by Crippen LogP contribution is 2.44. The second kappa shape index (κ2) is 8.81. The van der Waals surface area contributed by atoms with Crippen molar-refractivity contribution in [3.05, 3.63) is 41.3 Å². The highest BCUT2D eigenvalue weighted by atomic mass is 35.5. The summed E-state index contributed by atoms with van der Waals surface area (Å²) in [4.78, 5) is 34.1. The number of ether oxygens (including phenoxy) is 1. The number of carbonyl (C=O) groups is 2. The Balaban J connectivity index is 1.63. The topological polar surface area (TPSA) is 79.1 Å². The maximum atomic E-state index is 14.7. The maximum Gasteiger partial charge on any atom is 0.410 e. The molecule has 1 aliphatic heterocycles. The van der Waals surface area contributed by atoms with Gasteiger partial charge in [-0.15, -0.1) is 0 Å². The predicted molar refractivity (Wildman–Crippen MR) is 138 cm³/mol. The van der Waals surface area contributed by atoms with Crippen LogP contribution in [0.1, 0.15) is 20.8 Å². The van der Waals surface area contributed by atoms with Crippen LogP contribution in [-0.2, 0) is 9.53 Å². The van der Waals surface area contributed by atoms with Crippen molar-refractivity contribution in [2.24, 2.45) is 0 Å². The Morgan fingerprint density at radius 3 is 2.61 bits per heavy atom. The van der Waals surface area contributed by atoms with Gasteiger partial charge in [-0.05, 0) is 39.0 Å². The van der Waals surface area contributed by atoms with Gasteiger partial charge in [0.25, 0.3) is 0 Å². The molecule has 4 aromatic rings. The van der Waals surface area contributed by atoms with E-state index in [0.29, 0.717) is 76.1 Å². The molecular formula is C26H26ClFN4O4. The Bertz CT molecular complexity index is 1510. The molecular weight excluding hydrogens is 487 g/mol. The lowest BCUT2D eigenvalue weighted by Crippen LogP contribution is -2.50. The van der Waals surface area contributed by atoms with E-state index in [1.54, 1.807) is 36.3 Å². The number of piperazine rings is 1. The third-order valence-electron chi connectivity index (χ3n) is 6.24. The fourth-order valence-corrected chi connectivity index (χ4v) is 4.90. The van der Waals surface area contributed by atoms with Gasteiger partial charge in [-0.25, -0.2) is 14.2 Å². The number of pyridine rings is 1. The second-order valence-corrected chi connectivity index (χ2v) is 10.2. The molecule has 36 heavy (non-hydrogen) atoms. The number of nitrogens with zero attached hydrogens (tertiary/aromatic N) is 4. The molecule has 0 saturated carbocycles. The Kier molecular flexibility index (Phi) is 5.90. The van der Waals surface area contributed by atoms with E-state index in [1.165, 1.54) is 11.0 Å². The third-order valence-corrected chi connectivity index (χ3v) is 6.54. The van der Waals surface area contributed by atoms with Gasteiger partial charge in [-0.1, -0.05) is 17.7 Å². The molecule has 2 aromatic carbocycles. The number of hydrogen-bond donors (Lipinski definition) is 0. The van der Waals surface area contributed by atoms with Gasteiger partial charge in [0.05, 0.1) is 33.4 Å². The number of aromatic nitrogens is 1. The predicted octanol–water partition coefficient (Wildman–Crippen LogP) is 5.58. The summed E-state index contributed by atoms with van der Waals surface area (Å²) in [5.41, 5.74) is 2.01. The van der Waals surface area contributed by atoms with E-state index in [4.69, 9.17) is 20.8 Å². The first kappa shape index (κ1) is 24.1. The lowest BCUT2D eigenvalue weighted by molar-refractivity contribution is -0.107. The van der Waals surface area contributed by atoms with E-state index in [-0.39, 0.29) is 6.09 Å². The van der Waals surface area contributed by atoms with Crippen LogP contribution in [0.4, 0.5) is 20.6 Å². The normalized spacial score (nSPS) is 14.6. The number of fused-ring (bicyclic) bond motifs is 5. The van der Waals surface area contributed by atoms with Crippen LogP contribution in [0.25, 0.3) is 32.8 Å². The Morgan fingerprint density at radius 1 is 1.22 bits per heavy atom. The van der Waals surface area contributed by atoms with Gasteiger partial charge in [-0.3, -0.25) is 4.79 Å². The van der Waals surface area contributed by atoms with Gasteiger partial charge in [0, 0.05) is 38.6 Å². The van der Waals surface area contributed by atoms with E-state index in [0.717, 1.165) is 5.69 Å². The molecule has 5 rings (SSSR count). The summed E-state index contributed by atoms with van der Waals surface area (Å²) in [7, 11) is 1.65. The monoisotopic (exact) mass is 512 g/mol. The minimum absolute atomic E-state index is 0.308. The number of rotatable bonds is 3. The van der Waals surface area contributed by atoms with Gasteiger partial charge in [0.1, 0.15) is 22.5 Å². The van der Waals surface area contributed by atoms with Crippen molar-refractivity contribution in [1.82, 2.24) is 9.88 Å². The number of furan rings is 1. The second-order valence-electron chi connectivity index (χ2n) is 9.84. The molecule has 0 N–H and O–H groups in total. The average Bonchev–Trinajstić information content (AvgIpc) is 3.24. The van der Waals surface area contributed by atoms with Gasteiger partial charge in [-0.2, -0.15) is 0 Å². The first-order chi connectivity index (χ1) is 17.1. The van der Waals surface area contributed by atoms with Gasteiger partial charge in [0.15, 0.2) is 5.58 Å². The van der Waals surface area contributed by atoms with Crippen LogP contribution in [0.15, 0.2) is 34.9 Å². The summed E-state index contributed by atoms with van der Waals surface area (Å²) in [6.07, 6.45) is 1.95. The molecule has 1 fully saturated rings.